The molecule has 0 aliphatic rings. The van der Waals surface area contributed by atoms with E-state index in [1.165, 1.54) is 9.80 Å². The normalized spacial score (nSPS) is 16.4. The molecule has 0 bridgehead atoms. The van der Waals surface area contributed by atoms with Crippen molar-refractivity contribution in [2.24, 2.45) is 0 Å². The SMILES string of the molecule is CN(C)C[C+](CN(C)C)C(F)(F)F.F[P-](F)(F)(F)(F)F. The Labute approximate surface area is 110 Å². The van der Waals surface area contributed by atoms with E-state index >= 15 is 0 Å². The predicted octanol–water partition coefficient (Wildman–Crippen LogP) is 4.63. The fourth-order valence-electron chi connectivity index (χ4n) is 0.993. The molecule has 0 unspecified atom stereocenters. The Morgan fingerprint density at radius 1 is 0.750 bits per heavy atom. The van der Waals surface area contributed by atoms with Crippen molar-refractivity contribution in [2.45, 2.75) is 6.18 Å². The van der Waals surface area contributed by atoms with Gasteiger partial charge in [-0.05, 0) is 28.2 Å². The van der Waals surface area contributed by atoms with Gasteiger partial charge in [0.25, 0.3) is 0 Å². The van der Waals surface area contributed by atoms with Crippen LogP contribution in [0.4, 0.5) is 38.4 Å². The topological polar surface area (TPSA) is 6.48 Å². The van der Waals surface area contributed by atoms with Gasteiger partial charge in [0.15, 0.2) is 13.1 Å². The molecule has 2 nitrogen and oxygen atoms in total. The Bertz CT molecular complexity index is 270. The molecule has 20 heavy (non-hydrogen) atoms. The van der Waals surface area contributed by atoms with Gasteiger partial charge in [0.05, 0.1) is 0 Å². The minimum absolute atomic E-state index is 0.0400. The maximum atomic E-state index is 12.4. The van der Waals surface area contributed by atoms with Crippen molar-refractivity contribution >= 4 is 7.81 Å². The number of halogens is 9. The van der Waals surface area contributed by atoms with E-state index < -0.39 is 19.9 Å². The van der Waals surface area contributed by atoms with E-state index in [2.05, 4.69) is 0 Å². The summed E-state index contributed by atoms with van der Waals surface area (Å²) in [4.78, 5) is 3.04. The van der Waals surface area contributed by atoms with E-state index in [9.17, 15) is 38.4 Å². The molecule has 12 heteroatoms. The van der Waals surface area contributed by atoms with Crippen molar-refractivity contribution in [1.82, 2.24) is 9.80 Å². The summed E-state index contributed by atoms with van der Waals surface area (Å²) in [5.74, 6) is -0.414. The Morgan fingerprint density at radius 3 is 1.05 bits per heavy atom. The second kappa shape index (κ2) is 5.76. The first kappa shape index (κ1) is 21.9. The molecule has 0 fully saturated rings. The first-order valence-corrected chi connectivity index (χ1v) is 6.99. The molecule has 0 radical (unpaired) electrons. The van der Waals surface area contributed by atoms with Gasteiger partial charge in [0.1, 0.15) is 0 Å². The molecule has 0 aliphatic carbocycles. The number of hydrogen-bond acceptors (Lipinski definition) is 2. The van der Waals surface area contributed by atoms with Crippen LogP contribution in [0.15, 0.2) is 0 Å². The van der Waals surface area contributed by atoms with E-state index in [4.69, 9.17) is 0 Å². The van der Waals surface area contributed by atoms with Gasteiger partial charge in [0, 0.05) is 0 Å². The predicted molar refractivity (Wildman–Crippen MR) is 60.0 cm³/mol. The molecular formula is C8H16F9N2P. The zero-order valence-corrected chi connectivity index (χ0v) is 12.1. The first-order valence-electron chi connectivity index (χ1n) is 4.96. The molecule has 0 heterocycles. The van der Waals surface area contributed by atoms with Crippen LogP contribution in [0.3, 0.4) is 0 Å². The maximum absolute atomic E-state index is 12.4. The van der Waals surface area contributed by atoms with Gasteiger partial charge in [-0.25, -0.2) is 0 Å². The summed E-state index contributed by atoms with van der Waals surface area (Å²) < 4.78 is 96.2. The molecule has 0 aliphatic heterocycles. The van der Waals surface area contributed by atoms with E-state index in [0.717, 1.165) is 0 Å². The van der Waals surface area contributed by atoms with Crippen LogP contribution in [0.5, 0.6) is 0 Å². The minimum atomic E-state index is -10.7. The van der Waals surface area contributed by atoms with E-state index in [1.807, 2.05) is 0 Å². The zero-order valence-electron chi connectivity index (χ0n) is 11.2. The van der Waals surface area contributed by atoms with Crippen LogP contribution in [0.2, 0.25) is 0 Å². The molecule has 0 saturated carbocycles. The van der Waals surface area contributed by atoms with Gasteiger partial charge in [-0.2, -0.15) is 0 Å². The zero-order chi connectivity index (χ0) is 17.1. The van der Waals surface area contributed by atoms with Crippen LogP contribution in [0.25, 0.3) is 0 Å². The van der Waals surface area contributed by atoms with Crippen molar-refractivity contribution in [3.63, 3.8) is 0 Å². The average molecular weight is 342 g/mol. The number of hydrogen-bond donors (Lipinski definition) is 0. The van der Waals surface area contributed by atoms with Crippen molar-refractivity contribution in [1.29, 1.82) is 0 Å². The standard InChI is InChI=1S/C8H16F3N2.F6P/c1-12(2)5-7(6-13(3)4)8(9,10)11;1-7(2,3,4,5)6/h5-6H2,1-4H3;/q+1;-1. The summed E-state index contributed by atoms with van der Waals surface area (Å²) >= 11 is 0. The van der Waals surface area contributed by atoms with Gasteiger partial charge < -0.3 is 0 Å². The second-order valence-corrected chi connectivity index (χ2v) is 6.45. The molecule has 0 atom stereocenters. The molecule has 0 aromatic carbocycles. The van der Waals surface area contributed by atoms with E-state index in [-0.39, 0.29) is 13.1 Å². The summed E-state index contributed by atoms with van der Waals surface area (Å²) in [6, 6.07) is 0. The fourth-order valence-corrected chi connectivity index (χ4v) is 0.993. The van der Waals surface area contributed by atoms with Crippen molar-refractivity contribution < 1.29 is 38.4 Å². The molecule has 0 aromatic rings. The van der Waals surface area contributed by atoms with Crippen molar-refractivity contribution in [3.8, 4) is 0 Å². The van der Waals surface area contributed by atoms with Gasteiger partial charge in [0.2, 0.25) is 5.92 Å². The van der Waals surface area contributed by atoms with E-state index in [1.54, 1.807) is 28.2 Å². The van der Waals surface area contributed by atoms with Crippen LogP contribution in [-0.4, -0.2) is 57.3 Å². The van der Waals surface area contributed by atoms with Crippen LogP contribution in [0, 0.1) is 5.92 Å². The average Bonchev–Trinajstić information content (AvgIpc) is 1.92. The monoisotopic (exact) mass is 342 g/mol. The molecule has 0 aromatic heterocycles. The van der Waals surface area contributed by atoms with Crippen LogP contribution < -0.4 is 0 Å². The molecule has 0 spiro atoms. The van der Waals surface area contributed by atoms with Gasteiger partial charge in [-0.3, -0.25) is 9.80 Å². The molecule has 0 saturated heterocycles. The third kappa shape index (κ3) is 26.2. The van der Waals surface area contributed by atoms with Gasteiger partial charge in [-0.1, -0.05) is 0 Å². The number of alkyl halides is 3. The molecule has 0 N–H and O–H groups in total. The summed E-state index contributed by atoms with van der Waals surface area (Å²) in [5, 5.41) is 0. The van der Waals surface area contributed by atoms with Crippen molar-refractivity contribution in [2.75, 3.05) is 41.3 Å². The Morgan fingerprint density at radius 2 is 0.950 bits per heavy atom. The fraction of sp³-hybridized carbons (Fsp3) is 0.875. The summed E-state index contributed by atoms with van der Waals surface area (Å²) in [6.45, 7) is -0.0800. The Balaban J connectivity index is 0. The molecule has 126 valence electrons. The molecule has 0 amide bonds. The second-order valence-electron chi connectivity index (χ2n) is 4.54. The Hall–Kier alpha value is -0.410. The molecule has 0 rings (SSSR count). The van der Waals surface area contributed by atoms with Gasteiger partial charge in [-0.15, -0.1) is 13.2 Å². The summed E-state index contributed by atoms with van der Waals surface area (Å²) in [6.07, 6.45) is -4.19. The van der Waals surface area contributed by atoms with Crippen molar-refractivity contribution in [3.05, 3.63) is 5.92 Å². The molecular weight excluding hydrogens is 326 g/mol. The van der Waals surface area contributed by atoms with Gasteiger partial charge >= 0.3 is 39.2 Å². The van der Waals surface area contributed by atoms with Crippen LogP contribution in [-0.2, 0) is 0 Å². The third-order valence-corrected chi connectivity index (χ3v) is 1.42. The van der Waals surface area contributed by atoms with E-state index in [0.29, 0.717) is 0 Å². The third-order valence-electron chi connectivity index (χ3n) is 1.42. The first-order chi connectivity index (χ1) is 8.18. The number of rotatable bonds is 4. The Kier molecular flexibility index (Phi) is 6.31. The summed E-state index contributed by atoms with van der Waals surface area (Å²) in [5.41, 5.74) is 0. The summed E-state index contributed by atoms with van der Waals surface area (Å²) in [7, 11) is -4.15. The van der Waals surface area contributed by atoms with Crippen LogP contribution in [0.1, 0.15) is 0 Å². The van der Waals surface area contributed by atoms with Crippen LogP contribution >= 0.6 is 7.81 Å². The number of nitrogens with zero attached hydrogens (tertiary/aromatic N) is 2. The quantitative estimate of drug-likeness (QED) is 0.418.